The summed E-state index contributed by atoms with van der Waals surface area (Å²) in [5, 5.41) is 0. The van der Waals surface area contributed by atoms with Gasteiger partial charge in [0.2, 0.25) is 5.78 Å². The molecule has 1 aromatic carbocycles. The molecule has 0 atom stereocenters. The molecule has 19 heavy (non-hydrogen) atoms. The van der Waals surface area contributed by atoms with Gasteiger partial charge in [0.05, 0.1) is 12.0 Å². The minimum atomic E-state index is -4.14. The number of alkyl halides is 2. The van der Waals surface area contributed by atoms with Crippen LogP contribution in [0.1, 0.15) is 26.3 Å². The fraction of sp³-hybridized carbons (Fsp3) is 0.429. The van der Waals surface area contributed by atoms with Crippen LogP contribution in [0, 0.1) is 0 Å². The molecule has 0 aliphatic carbocycles. The van der Waals surface area contributed by atoms with Crippen LogP contribution in [0.15, 0.2) is 30.3 Å². The van der Waals surface area contributed by atoms with Gasteiger partial charge >= 0.3 is 11.9 Å². The largest absolute Gasteiger partial charge is 0.461 e. The molecule has 5 heteroatoms. The van der Waals surface area contributed by atoms with Gasteiger partial charge in [0.1, 0.15) is 0 Å². The van der Waals surface area contributed by atoms with Crippen molar-refractivity contribution in [2.45, 2.75) is 32.1 Å². The molecule has 104 valence electrons. The fourth-order valence-corrected chi connectivity index (χ4v) is 1.69. The summed E-state index contributed by atoms with van der Waals surface area (Å²) in [7, 11) is 0. The predicted octanol–water partition coefficient (Wildman–Crippen LogP) is 2.73. The molecule has 0 saturated heterocycles. The summed E-state index contributed by atoms with van der Waals surface area (Å²) in [5.41, 5.74) is -1.05. The van der Waals surface area contributed by atoms with Crippen molar-refractivity contribution in [3.63, 3.8) is 0 Å². The molecule has 0 saturated carbocycles. The Labute approximate surface area is 110 Å². The first kappa shape index (κ1) is 15.3. The monoisotopic (exact) mass is 270 g/mol. The second kappa shape index (κ2) is 5.47. The van der Waals surface area contributed by atoms with Crippen LogP contribution in [-0.2, 0) is 19.7 Å². The van der Waals surface area contributed by atoms with E-state index in [0.717, 1.165) is 0 Å². The van der Waals surface area contributed by atoms with Gasteiger partial charge in [0.15, 0.2) is 0 Å². The van der Waals surface area contributed by atoms with Gasteiger partial charge in [-0.15, -0.1) is 0 Å². The Bertz CT molecular complexity index is 467. The zero-order chi connectivity index (χ0) is 14.7. The van der Waals surface area contributed by atoms with E-state index >= 15 is 0 Å². The standard InChI is InChI=1S/C14H16F2O3/c1-4-19-12(18)14(15,16)11(17)13(2,3)10-8-6-5-7-9-10/h5-9H,4H2,1-3H3. The predicted molar refractivity (Wildman–Crippen MR) is 66.1 cm³/mol. The van der Waals surface area contributed by atoms with Crippen molar-refractivity contribution < 1.29 is 23.1 Å². The van der Waals surface area contributed by atoms with Gasteiger partial charge in [-0.1, -0.05) is 30.3 Å². The van der Waals surface area contributed by atoms with E-state index in [1.54, 1.807) is 30.3 Å². The second-order valence-electron chi connectivity index (χ2n) is 4.62. The van der Waals surface area contributed by atoms with Gasteiger partial charge in [-0.3, -0.25) is 4.79 Å². The fourth-order valence-electron chi connectivity index (χ4n) is 1.69. The van der Waals surface area contributed by atoms with Gasteiger partial charge in [0, 0.05) is 0 Å². The lowest BCUT2D eigenvalue weighted by Gasteiger charge is -2.27. The quantitative estimate of drug-likeness (QED) is 0.610. The lowest BCUT2D eigenvalue weighted by Crippen LogP contribution is -2.48. The number of esters is 1. The summed E-state index contributed by atoms with van der Waals surface area (Å²) in [4.78, 5) is 23.1. The molecule has 3 nitrogen and oxygen atoms in total. The minimum Gasteiger partial charge on any atom is -0.461 e. The van der Waals surface area contributed by atoms with Crippen LogP contribution < -0.4 is 0 Å². The first-order valence-corrected chi connectivity index (χ1v) is 5.90. The van der Waals surface area contributed by atoms with Crippen molar-refractivity contribution in [2.24, 2.45) is 0 Å². The minimum absolute atomic E-state index is 0.201. The topological polar surface area (TPSA) is 43.4 Å². The molecule has 0 radical (unpaired) electrons. The Morgan fingerprint density at radius 3 is 2.16 bits per heavy atom. The van der Waals surface area contributed by atoms with E-state index in [0.29, 0.717) is 5.56 Å². The van der Waals surface area contributed by atoms with Crippen molar-refractivity contribution in [3.05, 3.63) is 35.9 Å². The van der Waals surface area contributed by atoms with Crippen molar-refractivity contribution >= 4 is 11.8 Å². The molecular weight excluding hydrogens is 254 g/mol. The summed E-state index contributed by atoms with van der Waals surface area (Å²) in [6, 6.07) is 8.14. The number of rotatable bonds is 5. The van der Waals surface area contributed by atoms with E-state index in [4.69, 9.17) is 0 Å². The molecule has 0 amide bonds. The molecule has 0 unspecified atom stereocenters. The molecule has 0 aliphatic heterocycles. The van der Waals surface area contributed by atoms with Crippen LogP contribution in [0.2, 0.25) is 0 Å². The van der Waals surface area contributed by atoms with E-state index in [-0.39, 0.29) is 6.61 Å². The van der Waals surface area contributed by atoms with Gasteiger partial charge < -0.3 is 4.74 Å². The molecule has 0 aliphatic rings. The normalized spacial score (nSPS) is 12.1. The van der Waals surface area contributed by atoms with Crippen LogP contribution in [0.3, 0.4) is 0 Å². The number of halogens is 2. The summed E-state index contributed by atoms with van der Waals surface area (Å²) in [6.45, 7) is 3.92. The Balaban J connectivity index is 3.08. The lowest BCUT2D eigenvalue weighted by atomic mass is 9.78. The highest BCUT2D eigenvalue weighted by atomic mass is 19.3. The highest BCUT2D eigenvalue weighted by Crippen LogP contribution is 2.32. The zero-order valence-corrected chi connectivity index (χ0v) is 11.1. The maximum atomic E-state index is 13.8. The Kier molecular flexibility index (Phi) is 4.39. The first-order valence-electron chi connectivity index (χ1n) is 5.90. The van der Waals surface area contributed by atoms with Crippen LogP contribution in [-0.4, -0.2) is 24.3 Å². The van der Waals surface area contributed by atoms with E-state index < -0.39 is 23.1 Å². The van der Waals surface area contributed by atoms with Crippen LogP contribution in [0.25, 0.3) is 0 Å². The van der Waals surface area contributed by atoms with Crippen LogP contribution in [0.5, 0.6) is 0 Å². The smallest absolute Gasteiger partial charge is 0.400 e. The number of carbonyl (C=O) groups excluding carboxylic acids is 2. The van der Waals surface area contributed by atoms with Gasteiger partial charge in [-0.2, -0.15) is 8.78 Å². The summed E-state index contributed by atoms with van der Waals surface area (Å²) < 4.78 is 31.8. The average Bonchev–Trinajstić information content (AvgIpc) is 2.39. The number of benzene rings is 1. The Hall–Kier alpha value is -1.78. The van der Waals surface area contributed by atoms with Crippen molar-refractivity contribution in [1.82, 2.24) is 0 Å². The summed E-state index contributed by atoms with van der Waals surface area (Å²) in [6.07, 6.45) is 0. The summed E-state index contributed by atoms with van der Waals surface area (Å²) >= 11 is 0. The molecule has 0 N–H and O–H groups in total. The van der Waals surface area contributed by atoms with Gasteiger partial charge in [-0.25, -0.2) is 4.79 Å². The average molecular weight is 270 g/mol. The maximum Gasteiger partial charge on any atom is 0.400 e. The third-order valence-electron chi connectivity index (χ3n) is 2.88. The zero-order valence-electron chi connectivity index (χ0n) is 11.1. The van der Waals surface area contributed by atoms with E-state index in [1.165, 1.54) is 20.8 Å². The van der Waals surface area contributed by atoms with E-state index in [1.807, 2.05) is 0 Å². The Morgan fingerprint density at radius 1 is 1.16 bits per heavy atom. The number of hydrogen-bond donors (Lipinski definition) is 0. The SMILES string of the molecule is CCOC(=O)C(F)(F)C(=O)C(C)(C)c1ccccc1. The number of Topliss-reactive ketones (excluding diaryl/α,β-unsaturated/α-hetero) is 1. The van der Waals surface area contributed by atoms with Crippen LogP contribution in [0.4, 0.5) is 8.78 Å². The second-order valence-corrected chi connectivity index (χ2v) is 4.62. The number of ether oxygens (including phenoxy) is 1. The first-order chi connectivity index (χ1) is 8.74. The van der Waals surface area contributed by atoms with Crippen LogP contribution >= 0.6 is 0 Å². The molecule has 1 rings (SSSR count). The van der Waals surface area contributed by atoms with E-state index in [2.05, 4.69) is 4.74 Å². The lowest BCUT2D eigenvalue weighted by molar-refractivity contribution is -0.178. The van der Waals surface area contributed by atoms with Gasteiger partial charge in [0.25, 0.3) is 0 Å². The van der Waals surface area contributed by atoms with Crippen molar-refractivity contribution in [1.29, 1.82) is 0 Å². The molecule has 0 fully saturated rings. The molecule has 0 heterocycles. The molecule has 0 spiro atoms. The van der Waals surface area contributed by atoms with Crippen molar-refractivity contribution in [3.8, 4) is 0 Å². The molecular formula is C14H16F2O3. The highest BCUT2D eigenvalue weighted by molar-refractivity contribution is 6.09. The Morgan fingerprint density at radius 2 is 1.68 bits per heavy atom. The maximum absolute atomic E-state index is 13.8. The number of hydrogen-bond acceptors (Lipinski definition) is 3. The molecule has 1 aromatic rings. The number of carbonyl (C=O) groups is 2. The number of ketones is 1. The third kappa shape index (κ3) is 2.97. The third-order valence-corrected chi connectivity index (χ3v) is 2.88. The molecule has 0 aromatic heterocycles. The summed E-state index contributed by atoms with van der Waals surface area (Å²) in [5.74, 6) is -7.41. The molecule has 0 bridgehead atoms. The van der Waals surface area contributed by atoms with Crippen molar-refractivity contribution in [2.75, 3.05) is 6.61 Å². The van der Waals surface area contributed by atoms with Gasteiger partial charge in [-0.05, 0) is 26.3 Å². The van der Waals surface area contributed by atoms with E-state index in [9.17, 15) is 18.4 Å². The highest BCUT2D eigenvalue weighted by Gasteiger charge is 2.54.